The molecule has 0 fully saturated rings. The van der Waals surface area contributed by atoms with E-state index in [4.69, 9.17) is 0 Å². The van der Waals surface area contributed by atoms with Gasteiger partial charge in [0.05, 0.1) is 0 Å². The third-order valence-corrected chi connectivity index (χ3v) is 3.19. The Labute approximate surface area is 105 Å². The fourth-order valence-electron chi connectivity index (χ4n) is 1.66. The molecule has 15 heavy (non-hydrogen) atoms. The standard InChI is InChI=1S/C11H9Br2NO/c1-14-6-8(10(15)11(12)13)7-4-2-3-5-9(7)14/h2-6,11H,1H3. The Morgan fingerprint density at radius 1 is 1.33 bits per heavy atom. The molecule has 0 aliphatic carbocycles. The number of fused-ring (bicyclic) bond motifs is 1. The number of hydrogen-bond acceptors (Lipinski definition) is 1. The Hall–Kier alpha value is -0.610. The number of Topliss-reactive ketones (excluding diaryl/α,β-unsaturated/α-hetero) is 1. The molecule has 2 aromatic rings. The molecule has 0 aliphatic heterocycles. The highest BCUT2D eigenvalue weighted by atomic mass is 79.9. The van der Waals surface area contributed by atoms with E-state index < -0.39 is 0 Å². The van der Waals surface area contributed by atoms with Gasteiger partial charge in [0.25, 0.3) is 0 Å². The van der Waals surface area contributed by atoms with Gasteiger partial charge in [0.15, 0.2) is 5.78 Å². The van der Waals surface area contributed by atoms with E-state index in [1.807, 2.05) is 42.1 Å². The van der Waals surface area contributed by atoms with Gasteiger partial charge < -0.3 is 4.57 Å². The van der Waals surface area contributed by atoms with Gasteiger partial charge in [0, 0.05) is 29.7 Å². The lowest BCUT2D eigenvalue weighted by Gasteiger charge is -1.98. The highest BCUT2D eigenvalue weighted by molar-refractivity contribution is 9.25. The zero-order valence-corrected chi connectivity index (χ0v) is 11.2. The highest BCUT2D eigenvalue weighted by Gasteiger charge is 2.18. The van der Waals surface area contributed by atoms with Crippen LogP contribution in [0.1, 0.15) is 10.4 Å². The summed E-state index contributed by atoms with van der Waals surface area (Å²) in [5.41, 5.74) is 1.81. The summed E-state index contributed by atoms with van der Waals surface area (Å²) in [6.07, 6.45) is 1.86. The predicted octanol–water partition coefficient (Wildman–Crippen LogP) is 3.48. The van der Waals surface area contributed by atoms with Crippen molar-refractivity contribution in [2.45, 2.75) is 3.74 Å². The summed E-state index contributed by atoms with van der Waals surface area (Å²) in [7, 11) is 1.94. The van der Waals surface area contributed by atoms with Crippen molar-refractivity contribution < 1.29 is 4.79 Å². The minimum absolute atomic E-state index is 0.0480. The Kier molecular flexibility index (Phi) is 2.98. The van der Waals surface area contributed by atoms with Crippen LogP contribution in [0.25, 0.3) is 10.9 Å². The SMILES string of the molecule is Cn1cc(C(=O)C(Br)Br)c2ccccc21. The molecule has 0 N–H and O–H groups in total. The Morgan fingerprint density at radius 2 is 2.00 bits per heavy atom. The highest BCUT2D eigenvalue weighted by Crippen LogP contribution is 2.24. The number of hydrogen-bond donors (Lipinski definition) is 0. The lowest BCUT2D eigenvalue weighted by Crippen LogP contribution is -2.06. The predicted molar refractivity (Wildman–Crippen MR) is 68.9 cm³/mol. The quantitative estimate of drug-likeness (QED) is 0.610. The molecule has 0 saturated carbocycles. The molecule has 1 aromatic heterocycles. The third kappa shape index (κ3) is 1.88. The molecule has 0 atom stereocenters. The molecular formula is C11H9Br2NO. The van der Waals surface area contributed by atoms with Crippen molar-refractivity contribution in [1.29, 1.82) is 0 Å². The van der Waals surface area contributed by atoms with E-state index in [0.29, 0.717) is 0 Å². The second-order valence-electron chi connectivity index (χ2n) is 3.34. The maximum atomic E-state index is 11.9. The number of ketones is 1. The first kappa shape index (κ1) is 10.9. The van der Waals surface area contributed by atoms with Crippen LogP contribution < -0.4 is 0 Å². The first-order valence-corrected chi connectivity index (χ1v) is 6.31. The summed E-state index contributed by atoms with van der Waals surface area (Å²) in [6.45, 7) is 0. The number of carbonyl (C=O) groups excluding carboxylic acids is 1. The van der Waals surface area contributed by atoms with E-state index in [-0.39, 0.29) is 9.52 Å². The number of alkyl halides is 2. The average Bonchev–Trinajstić information content (AvgIpc) is 2.56. The van der Waals surface area contributed by atoms with E-state index in [0.717, 1.165) is 16.5 Å². The smallest absolute Gasteiger partial charge is 0.189 e. The number of halogens is 2. The van der Waals surface area contributed by atoms with Gasteiger partial charge in [-0.2, -0.15) is 0 Å². The van der Waals surface area contributed by atoms with E-state index in [9.17, 15) is 4.79 Å². The molecule has 0 bridgehead atoms. The van der Waals surface area contributed by atoms with Crippen molar-refractivity contribution in [1.82, 2.24) is 4.57 Å². The minimum atomic E-state index is -0.323. The van der Waals surface area contributed by atoms with E-state index >= 15 is 0 Å². The lowest BCUT2D eigenvalue weighted by atomic mass is 10.1. The zero-order chi connectivity index (χ0) is 11.0. The molecular weight excluding hydrogens is 322 g/mol. The fraction of sp³-hybridized carbons (Fsp3) is 0.182. The largest absolute Gasteiger partial charge is 0.350 e. The number of benzene rings is 1. The van der Waals surface area contributed by atoms with Crippen LogP contribution in [0, 0.1) is 0 Å². The van der Waals surface area contributed by atoms with Crippen molar-refractivity contribution in [3.05, 3.63) is 36.0 Å². The number of rotatable bonds is 2. The van der Waals surface area contributed by atoms with E-state index in [1.54, 1.807) is 0 Å². The van der Waals surface area contributed by atoms with Crippen molar-refractivity contribution in [2.75, 3.05) is 0 Å². The molecule has 0 unspecified atom stereocenters. The fourth-order valence-corrected chi connectivity index (χ4v) is 2.15. The Bertz CT molecular complexity index is 516. The average molecular weight is 331 g/mol. The Balaban J connectivity index is 2.67. The Morgan fingerprint density at radius 3 is 2.67 bits per heavy atom. The molecule has 0 saturated heterocycles. The van der Waals surface area contributed by atoms with Crippen LogP contribution in [0.3, 0.4) is 0 Å². The van der Waals surface area contributed by atoms with Crippen LogP contribution in [0.2, 0.25) is 0 Å². The number of aromatic nitrogens is 1. The number of nitrogens with zero attached hydrogens (tertiary/aromatic N) is 1. The molecule has 4 heteroatoms. The lowest BCUT2D eigenvalue weighted by molar-refractivity contribution is 0.101. The monoisotopic (exact) mass is 329 g/mol. The number of aryl methyl sites for hydroxylation is 1. The van der Waals surface area contributed by atoms with Gasteiger partial charge in [0.2, 0.25) is 0 Å². The van der Waals surface area contributed by atoms with Crippen LogP contribution in [0.4, 0.5) is 0 Å². The van der Waals surface area contributed by atoms with Gasteiger partial charge in [-0.05, 0) is 6.07 Å². The molecule has 0 radical (unpaired) electrons. The number of para-hydroxylation sites is 1. The summed E-state index contributed by atoms with van der Waals surface area (Å²) in [6, 6.07) is 7.88. The van der Waals surface area contributed by atoms with Crippen LogP contribution in [-0.2, 0) is 7.05 Å². The first-order valence-electron chi connectivity index (χ1n) is 4.47. The van der Waals surface area contributed by atoms with Gasteiger partial charge >= 0.3 is 0 Å². The van der Waals surface area contributed by atoms with Crippen LogP contribution in [0.5, 0.6) is 0 Å². The van der Waals surface area contributed by atoms with Crippen molar-refractivity contribution in [3.63, 3.8) is 0 Å². The normalized spacial score (nSPS) is 11.2. The molecule has 1 aromatic carbocycles. The summed E-state index contributed by atoms with van der Waals surface area (Å²) in [4.78, 5) is 11.9. The van der Waals surface area contributed by atoms with Gasteiger partial charge in [-0.1, -0.05) is 50.1 Å². The molecule has 2 rings (SSSR count). The van der Waals surface area contributed by atoms with Gasteiger partial charge in [-0.25, -0.2) is 0 Å². The summed E-state index contributed by atoms with van der Waals surface area (Å²) >= 11 is 6.46. The topological polar surface area (TPSA) is 22.0 Å². The van der Waals surface area contributed by atoms with Crippen molar-refractivity contribution >= 4 is 48.5 Å². The molecule has 0 amide bonds. The maximum Gasteiger partial charge on any atom is 0.189 e. The summed E-state index contributed by atoms with van der Waals surface area (Å²) in [5.74, 6) is 0.0480. The third-order valence-electron chi connectivity index (χ3n) is 2.36. The van der Waals surface area contributed by atoms with E-state index in [2.05, 4.69) is 31.9 Å². The minimum Gasteiger partial charge on any atom is -0.350 e. The van der Waals surface area contributed by atoms with Crippen molar-refractivity contribution in [2.24, 2.45) is 7.05 Å². The summed E-state index contributed by atoms with van der Waals surface area (Å²) < 4.78 is 1.64. The van der Waals surface area contributed by atoms with Crippen LogP contribution in [0.15, 0.2) is 30.5 Å². The molecule has 0 aliphatic rings. The molecule has 2 nitrogen and oxygen atoms in total. The summed E-state index contributed by atoms with van der Waals surface area (Å²) in [5, 5.41) is 0.994. The second-order valence-corrected chi connectivity index (χ2v) is 6.40. The second kappa shape index (κ2) is 4.10. The number of carbonyl (C=O) groups is 1. The molecule has 0 spiro atoms. The van der Waals surface area contributed by atoms with Crippen molar-refractivity contribution in [3.8, 4) is 0 Å². The van der Waals surface area contributed by atoms with Gasteiger partial charge in [0.1, 0.15) is 3.74 Å². The first-order chi connectivity index (χ1) is 7.11. The van der Waals surface area contributed by atoms with Gasteiger partial charge in [-0.3, -0.25) is 4.79 Å². The van der Waals surface area contributed by atoms with Crippen LogP contribution in [-0.4, -0.2) is 14.1 Å². The van der Waals surface area contributed by atoms with E-state index in [1.165, 1.54) is 0 Å². The van der Waals surface area contributed by atoms with Crippen LogP contribution >= 0.6 is 31.9 Å². The molecule has 1 heterocycles. The zero-order valence-electron chi connectivity index (χ0n) is 8.08. The molecule has 78 valence electrons. The van der Waals surface area contributed by atoms with Gasteiger partial charge in [-0.15, -0.1) is 0 Å². The maximum absolute atomic E-state index is 11.9.